The van der Waals surface area contributed by atoms with E-state index in [1.165, 1.54) is 19.3 Å². The van der Waals surface area contributed by atoms with Gasteiger partial charge in [-0.3, -0.25) is 4.79 Å². The van der Waals surface area contributed by atoms with E-state index in [1.807, 2.05) is 11.9 Å². The van der Waals surface area contributed by atoms with Crippen LogP contribution in [0.2, 0.25) is 0 Å². The average Bonchev–Trinajstić information content (AvgIpc) is 2.21. The van der Waals surface area contributed by atoms with Gasteiger partial charge >= 0.3 is 0 Å². The number of amides is 1. The van der Waals surface area contributed by atoms with E-state index in [0.29, 0.717) is 12.3 Å². The maximum absolute atomic E-state index is 12.1. The summed E-state index contributed by atoms with van der Waals surface area (Å²) in [6, 6.07) is -0.0309. The number of hydrogen-bond acceptors (Lipinski definition) is 3. The molecule has 0 spiro atoms. The van der Waals surface area contributed by atoms with Gasteiger partial charge in [-0.15, -0.1) is 0 Å². The molecule has 1 saturated carbocycles. The summed E-state index contributed by atoms with van der Waals surface area (Å²) < 4.78 is 0. The van der Waals surface area contributed by atoms with Crippen LogP contribution in [0.4, 0.5) is 0 Å². The van der Waals surface area contributed by atoms with Gasteiger partial charge in [-0.05, 0) is 39.3 Å². The van der Waals surface area contributed by atoms with Crippen molar-refractivity contribution in [3.8, 4) is 0 Å². The van der Waals surface area contributed by atoms with Crippen molar-refractivity contribution in [3.05, 3.63) is 0 Å². The van der Waals surface area contributed by atoms with Crippen LogP contribution in [-0.4, -0.2) is 55.0 Å². The molecule has 0 aliphatic heterocycles. The Balaban J connectivity index is 2.49. The Hall–Kier alpha value is -0.610. The first-order valence-electron chi connectivity index (χ1n) is 6.95. The molecule has 0 saturated heterocycles. The van der Waals surface area contributed by atoms with Crippen molar-refractivity contribution in [3.63, 3.8) is 0 Å². The molecule has 0 aromatic heterocycles. The highest BCUT2D eigenvalue weighted by Crippen LogP contribution is 2.36. The van der Waals surface area contributed by atoms with Gasteiger partial charge in [0, 0.05) is 31.6 Å². The highest BCUT2D eigenvalue weighted by molar-refractivity contribution is 5.76. The first-order chi connectivity index (χ1) is 8.28. The molecule has 0 radical (unpaired) electrons. The summed E-state index contributed by atoms with van der Waals surface area (Å²) in [5, 5.41) is 0. The Morgan fingerprint density at radius 2 is 1.83 bits per heavy atom. The van der Waals surface area contributed by atoms with Crippen molar-refractivity contribution in [2.24, 2.45) is 11.7 Å². The molecule has 1 atom stereocenters. The van der Waals surface area contributed by atoms with Crippen molar-refractivity contribution < 1.29 is 4.79 Å². The Labute approximate surface area is 111 Å². The van der Waals surface area contributed by atoms with Crippen LogP contribution in [0.3, 0.4) is 0 Å². The molecule has 106 valence electrons. The van der Waals surface area contributed by atoms with E-state index >= 15 is 0 Å². The van der Waals surface area contributed by atoms with Gasteiger partial charge in [0.2, 0.25) is 5.91 Å². The fourth-order valence-electron chi connectivity index (χ4n) is 2.45. The number of rotatable bonds is 6. The van der Waals surface area contributed by atoms with Crippen molar-refractivity contribution in [1.29, 1.82) is 0 Å². The Bertz CT molecular complexity index is 285. The SMILES string of the molecule is CC(C)C(N)CC(=O)N(C)CC1(N(C)C)CCC1. The molecule has 0 bridgehead atoms. The van der Waals surface area contributed by atoms with Gasteiger partial charge in [0.1, 0.15) is 0 Å². The van der Waals surface area contributed by atoms with Gasteiger partial charge in [-0.1, -0.05) is 13.8 Å². The topological polar surface area (TPSA) is 49.6 Å². The van der Waals surface area contributed by atoms with Crippen LogP contribution < -0.4 is 5.73 Å². The lowest BCUT2D eigenvalue weighted by Crippen LogP contribution is -2.57. The van der Waals surface area contributed by atoms with E-state index in [9.17, 15) is 4.79 Å². The smallest absolute Gasteiger partial charge is 0.223 e. The fourth-order valence-corrected chi connectivity index (χ4v) is 2.45. The van der Waals surface area contributed by atoms with E-state index in [-0.39, 0.29) is 17.5 Å². The predicted molar refractivity (Wildman–Crippen MR) is 75.3 cm³/mol. The maximum atomic E-state index is 12.1. The Kier molecular flexibility index (Phi) is 5.17. The average molecular weight is 255 g/mol. The largest absolute Gasteiger partial charge is 0.344 e. The highest BCUT2D eigenvalue weighted by atomic mass is 16.2. The number of carbonyl (C=O) groups excluding carboxylic acids is 1. The molecular formula is C14H29N3O. The van der Waals surface area contributed by atoms with Crippen LogP contribution in [0, 0.1) is 5.92 Å². The van der Waals surface area contributed by atoms with Crippen LogP contribution in [0.25, 0.3) is 0 Å². The first-order valence-corrected chi connectivity index (χ1v) is 6.95. The number of nitrogens with zero attached hydrogens (tertiary/aromatic N) is 2. The minimum Gasteiger partial charge on any atom is -0.344 e. The summed E-state index contributed by atoms with van der Waals surface area (Å²) in [4.78, 5) is 16.3. The molecule has 18 heavy (non-hydrogen) atoms. The van der Waals surface area contributed by atoms with E-state index in [0.717, 1.165) is 6.54 Å². The summed E-state index contributed by atoms with van der Waals surface area (Å²) >= 11 is 0. The molecule has 1 aliphatic rings. The quantitative estimate of drug-likeness (QED) is 0.778. The number of hydrogen-bond donors (Lipinski definition) is 1. The molecule has 1 aliphatic carbocycles. The second kappa shape index (κ2) is 6.02. The van der Waals surface area contributed by atoms with Crippen molar-refractivity contribution in [2.45, 2.75) is 51.1 Å². The third-order valence-electron chi connectivity index (χ3n) is 4.46. The molecule has 0 heterocycles. The van der Waals surface area contributed by atoms with E-state index in [4.69, 9.17) is 5.73 Å². The lowest BCUT2D eigenvalue weighted by Gasteiger charge is -2.49. The molecule has 1 unspecified atom stereocenters. The Morgan fingerprint density at radius 3 is 2.17 bits per heavy atom. The minimum atomic E-state index is -0.0309. The standard InChI is InChI=1S/C14H29N3O/c1-11(2)12(15)9-13(18)17(5)10-14(16(3)4)7-6-8-14/h11-12H,6-10,15H2,1-5H3. The van der Waals surface area contributed by atoms with Gasteiger partial charge in [-0.25, -0.2) is 0 Å². The first kappa shape index (κ1) is 15.4. The van der Waals surface area contributed by atoms with Crippen LogP contribution in [0.15, 0.2) is 0 Å². The maximum Gasteiger partial charge on any atom is 0.223 e. The molecule has 1 fully saturated rings. The van der Waals surface area contributed by atoms with Gasteiger partial charge in [0.05, 0.1) is 0 Å². The summed E-state index contributed by atoms with van der Waals surface area (Å²) in [6.07, 6.45) is 4.10. The van der Waals surface area contributed by atoms with Crippen LogP contribution in [-0.2, 0) is 4.79 Å². The highest BCUT2D eigenvalue weighted by Gasteiger charge is 2.40. The summed E-state index contributed by atoms with van der Waals surface area (Å²) in [7, 11) is 6.12. The van der Waals surface area contributed by atoms with Crippen LogP contribution in [0.1, 0.15) is 39.5 Å². The van der Waals surface area contributed by atoms with E-state index in [1.54, 1.807) is 0 Å². The normalized spacial score (nSPS) is 19.8. The lowest BCUT2D eigenvalue weighted by molar-refractivity contribution is -0.133. The number of likely N-dealkylation sites (N-methyl/N-ethyl adjacent to an activating group) is 2. The van der Waals surface area contributed by atoms with Gasteiger partial charge in [-0.2, -0.15) is 0 Å². The van der Waals surface area contributed by atoms with Gasteiger partial charge in [0.15, 0.2) is 0 Å². The van der Waals surface area contributed by atoms with E-state index in [2.05, 4.69) is 32.8 Å². The zero-order valence-corrected chi connectivity index (χ0v) is 12.6. The number of nitrogens with two attached hydrogens (primary N) is 1. The molecule has 0 aromatic carbocycles. The molecule has 4 heteroatoms. The second-order valence-electron chi connectivity index (χ2n) is 6.33. The molecule has 4 nitrogen and oxygen atoms in total. The fraction of sp³-hybridized carbons (Fsp3) is 0.929. The summed E-state index contributed by atoms with van der Waals surface area (Å²) in [5.74, 6) is 0.526. The summed E-state index contributed by atoms with van der Waals surface area (Å²) in [6.45, 7) is 4.94. The molecule has 1 amide bonds. The van der Waals surface area contributed by atoms with Crippen molar-refractivity contribution >= 4 is 5.91 Å². The van der Waals surface area contributed by atoms with Crippen molar-refractivity contribution in [1.82, 2.24) is 9.80 Å². The molecule has 0 aromatic rings. The third-order valence-corrected chi connectivity index (χ3v) is 4.46. The molecule has 2 N–H and O–H groups in total. The third kappa shape index (κ3) is 3.45. The van der Waals surface area contributed by atoms with Crippen LogP contribution in [0.5, 0.6) is 0 Å². The van der Waals surface area contributed by atoms with Crippen molar-refractivity contribution in [2.75, 3.05) is 27.7 Å². The zero-order chi connectivity index (χ0) is 13.9. The van der Waals surface area contributed by atoms with Crippen LogP contribution >= 0.6 is 0 Å². The lowest BCUT2D eigenvalue weighted by atomic mass is 9.75. The van der Waals surface area contributed by atoms with Gasteiger partial charge < -0.3 is 15.5 Å². The molecule has 1 rings (SSSR count). The Morgan fingerprint density at radius 1 is 1.28 bits per heavy atom. The van der Waals surface area contributed by atoms with E-state index < -0.39 is 0 Å². The zero-order valence-electron chi connectivity index (χ0n) is 12.6. The summed E-state index contributed by atoms with van der Waals surface area (Å²) in [5.41, 5.74) is 6.17. The predicted octanol–water partition coefficient (Wildman–Crippen LogP) is 1.30. The monoisotopic (exact) mass is 255 g/mol. The minimum absolute atomic E-state index is 0.0309. The second-order valence-corrected chi connectivity index (χ2v) is 6.33. The number of carbonyl (C=O) groups is 1. The molecular weight excluding hydrogens is 226 g/mol. The van der Waals surface area contributed by atoms with Gasteiger partial charge in [0.25, 0.3) is 0 Å².